The number of likely N-dealkylation sites (tertiary alicyclic amines) is 2. The topological polar surface area (TPSA) is 139 Å². The summed E-state index contributed by atoms with van der Waals surface area (Å²) >= 11 is 0. The van der Waals surface area contributed by atoms with Gasteiger partial charge in [-0.25, -0.2) is 0 Å². The highest BCUT2D eigenvalue weighted by molar-refractivity contribution is 6.45. The van der Waals surface area contributed by atoms with Gasteiger partial charge in [-0.05, 0) is 70.6 Å². The molecule has 1 aromatic rings. The second-order valence-electron chi connectivity index (χ2n) is 8.58. The molecule has 0 aromatic heterocycles. The summed E-state index contributed by atoms with van der Waals surface area (Å²) in [5.41, 5.74) is 8.97. The van der Waals surface area contributed by atoms with Gasteiger partial charge < -0.3 is 15.5 Å². The van der Waals surface area contributed by atoms with Crippen molar-refractivity contribution in [2.45, 2.75) is 64.5 Å². The lowest BCUT2D eigenvalue weighted by Gasteiger charge is -2.34. The van der Waals surface area contributed by atoms with E-state index in [4.69, 9.17) is 16.4 Å². The number of rotatable bonds is 5. The molecular weight excluding hydrogens is 406 g/mol. The molecule has 170 valence electrons. The lowest BCUT2D eigenvalue weighted by molar-refractivity contribution is 0.0634. The molecule has 2 aliphatic heterocycles. The van der Waals surface area contributed by atoms with Crippen molar-refractivity contribution >= 4 is 29.0 Å². The van der Waals surface area contributed by atoms with Crippen LogP contribution in [0.5, 0.6) is 0 Å². The summed E-state index contributed by atoms with van der Waals surface area (Å²) in [5, 5.41) is 20.4. The van der Waals surface area contributed by atoms with E-state index in [-0.39, 0.29) is 29.6 Å². The molecule has 0 spiro atoms. The number of nitrogens with two attached hydrogens (primary N) is 1. The molecule has 2 heterocycles. The first-order valence-electron chi connectivity index (χ1n) is 11.2. The fourth-order valence-corrected chi connectivity index (χ4v) is 4.34. The van der Waals surface area contributed by atoms with Crippen LogP contribution in [0.4, 0.5) is 5.69 Å². The predicted octanol–water partition coefficient (Wildman–Crippen LogP) is 2.94. The fourth-order valence-electron chi connectivity index (χ4n) is 4.34. The third-order valence-electron chi connectivity index (χ3n) is 6.21. The van der Waals surface area contributed by atoms with Crippen molar-refractivity contribution in [1.82, 2.24) is 9.80 Å². The van der Waals surface area contributed by atoms with Gasteiger partial charge in [0.2, 0.25) is 5.71 Å². The van der Waals surface area contributed by atoms with Crippen LogP contribution in [0.3, 0.4) is 0 Å². The zero-order valence-electron chi connectivity index (χ0n) is 18.7. The number of nitrogens with zero attached hydrogens (tertiary/aromatic N) is 4. The summed E-state index contributed by atoms with van der Waals surface area (Å²) < 4.78 is 0. The summed E-state index contributed by atoms with van der Waals surface area (Å²) in [5.74, 6) is -0.719. The highest BCUT2D eigenvalue weighted by Gasteiger charge is 2.28. The molecular formula is C23H31N7O2. The highest BCUT2D eigenvalue weighted by atomic mass is 16.2. The number of amides is 2. The minimum atomic E-state index is -0.465. The lowest BCUT2D eigenvalue weighted by Crippen LogP contribution is -2.43. The van der Waals surface area contributed by atoms with Crippen LogP contribution in [0.2, 0.25) is 0 Å². The maximum absolute atomic E-state index is 13.3. The third kappa shape index (κ3) is 5.25. The number of amidine groups is 1. The zero-order valence-corrected chi connectivity index (χ0v) is 18.7. The van der Waals surface area contributed by atoms with Gasteiger partial charge in [0, 0.05) is 36.3 Å². The number of hydrogen-bond acceptors (Lipinski definition) is 6. The molecule has 1 aromatic carbocycles. The molecule has 9 heteroatoms. The van der Waals surface area contributed by atoms with E-state index < -0.39 is 5.84 Å². The van der Waals surface area contributed by atoms with E-state index in [0.717, 1.165) is 38.5 Å². The molecule has 2 amide bonds. The summed E-state index contributed by atoms with van der Waals surface area (Å²) in [6, 6.07) is 6.92. The van der Waals surface area contributed by atoms with E-state index >= 15 is 0 Å². The van der Waals surface area contributed by atoms with Crippen molar-refractivity contribution in [3.63, 3.8) is 0 Å². The maximum atomic E-state index is 13.3. The van der Waals surface area contributed by atoms with Gasteiger partial charge in [0.1, 0.15) is 6.07 Å². The monoisotopic (exact) mass is 437 g/mol. The Morgan fingerprint density at radius 2 is 1.53 bits per heavy atom. The van der Waals surface area contributed by atoms with Crippen LogP contribution in [0, 0.1) is 16.7 Å². The molecule has 2 atom stereocenters. The molecule has 2 unspecified atom stereocenters. The van der Waals surface area contributed by atoms with E-state index in [2.05, 4.69) is 10.5 Å². The van der Waals surface area contributed by atoms with E-state index in [9.17, 15) is 9.59 Å². The number of carbonyl (C=O) groups excluding carboxylic acids is 2. The SMILES string of the molecule is CC1CCCCN1C(=O)c1cc(N/N=C(\C#N)C(=N)N)cc(C(=O)N2CCCCC2C)c1. The van der Waals surface area contributed by atoms with Gasteiger partial charge >= 0.3 is 0 Å². The van der Waals surface area contributed by atoms with Crippen molar-refractivity contribution < 1.29 is 9.59 Å². The van der Waals surface area contributed by atoms with Gasteiger partial charge in [-0.2, -0.15) is 10.4 Å². The first kappa shape index (κ1) is 23.3. The van der Waals surface area contributed by atoms with Crippen LogP contribution in [0.25, 0.3) is 0 Å². The van der Waals surface area contributed by atoms with E-state index in [1.165, 1.54) is 0 Å². The molecule has 0 bridgehead atoms. The smallest absolute Gasteiger partial charge is 0.254 e. The van der Waals surface area contributed by atoms with E-state index in [1.807, 2.05) is 23.6 Å². The average Bonchev–Trinajstić information content (AvgIpc) is 2.79. The van der Waals surface area contributed by atoms with E-state index in [0.29, 0.717) is 29.9 Å². The van der Waals surface area contributed by atoms with Crippen molar-refractivity contribution in [3.05, 3.63) is 29.3 Å². The Morgan fingerprint density at radius 3 is 1.94 bits per heavy atom. The predicted molar refractivity (Wildman–Crippen MR) is 124 cm³/mol. The molecule has 3 rings (SSSR count). The second kappa shape index (κ2) is 10.3. The number of piperidine rings is 2. The van der Waals surface area contributed by atoms with Gasteiger partial charge in [0.25, 0.3) is 11.8 Å². The number of carbonyl (C=O) groups is 2. The second-order valence-corrected chi connectivity index (χ2v) is 8.58. The Kier molecular flexibility index (Phi) is 7.46. The standard InChI is InChI=1S/C23H31N7O2/c1-15-7-3-5-9-29(15)22(31)17-11-18(23(32)30-10-6-4-8-16(30)2)13-19(12-17)27-28-20(14-24)21(25)26/h11-13,15-16,27H,3-10H2,1-2H3,(H3,25,26)/b28-20+. The van der Waals surface area contributed by atoms with E-state index in [1.54, 1.807) is 24.3 Å². The Balaban J connectivity index is 1.97. The number of anilines is 1. The molecule has 0 saturated carbocycles. The Hall–Kier alpha value is -3.41. The summed E-state index contributed by atoms with van der Waals surface area (Å²) in [7, 11) is 0. The highest BCUT2D eigenvalue weighted by Crippen LogP contribution is 2.25. The molecule has 0 radical (unpaired) electrons. The molecule has 32 heavy (non-hydrogen) atoms. The first-order valence-corrected chi connectivity index (χ1v) is 11.2. The van der Waals surface area contributed by atoms with Gasteiger partial charge in [-0.3, -0.25) is 20.4 Å². The number of nitriles is 1. The minimum Gasteiger partial charge on any atom is -0.382 e. The molecule has 2 aliphatic rings. The van der Waals surface area contributed by atoms with Gasteiger partial charge in [-0.15, -0.1) is 0 Å². The third-order valence-corrected chi connectivity index (χ3v) is 6.21. The number of nitrogens with one attached hydrogen (secondary N) is 2. The summed E-state index contributed by atoms with van der Waals surface area (Å²) in [6.07, 6.45) is 6.02. The number of hydrogen-bond donors (Lipinski definition) is 3. The maximum Gasteiger partial charge on any atom is 0.254 e. The summed E-state index contributed by atoms with van der Waals surface area (Å²) in [6.45, 7) is 5.45. The van der Waals surface area contributed by atoms with Crippen LogP contribution in [-0.2, 0) is 0 Å². The van der Waals surface area contributed by atoms with Crippen LogP contribution < -0.4 is 11.2 Å². The molecule has 4 N–H and O–H groups in total. The zero-order chi connectivity index (χ0) is 23.3. The molecule has 2 saturated heterocycles. The van der Waals surface area contributed by atoms with Crippen molar-refractivity contribution in [3.8, 4) is 6.07 Å². The largest absolute Gasteiger partial charge is 0.382 e. The van der Waals surface area contributed by atoms with Crippen LogP contribution in [-0.4, -0.2) is 58.3 Å². The quantitative estimate of drug-likeness (QED) is 0.369. The molecule has 0 aliphatic carbocycles. The summed E-state index contributed by atoms with van der Waals surface area (Å²) in [4.78, 5) is 30.3. The van der Waals surface area contributed by atoms with Crippen molar-refractivity contribution in [1.29, 1.82) is 10.7 Å². The van der Waals surface area contributed by atoms with Gasteiger partial charge in [-0.1, -0.05) is 0 Å². The van der Waals surface area contributed by atoms with Gasteiger partial charge in [0.15, 0.2) is 5.84 Å². The molecule has 2 fully saturated rings. The minimum absolute atomic E-state index is 0.127. The van der Waals surface area contributed by atoms with Gasteiger partial charge in [0.05, 0.1) is 5.69 Å². The van der Waals surface area contributed by atoms with Crippen LogP contribution in [0.1, 0.15) is 73.1 Å². The van der Waals surface area contributed by atoms with Crippen LogP contribution >= 0.6 is 0 Å². The number of benzene rings is 1. The van der Waals surface area contributed by atoms with Crippen molar-refractivity contribution in [2.24, 2.45) is 10.8 Å². The Bertz CT molecular complexity index is 913. The van der Waals surface area contributed by atoms with Crippen LogP contribution in [0.15, 0.2) is 23.3 Å². The Labute approximate surface area is 188 Å². The fraction of sp³-hybridized carbons (Fsp3) is 0.522. The van der Waals surface area contributed by atoms with Crippen molar-refractivity contribution in [2.75, 3.05) is 18.5 Å². The lowest BCUT2D eigenvalue weighted by atomic mass is 9.99. The number of hydrazone groups is 1. The molecule has 9 nitrogen and oxygen atoms in total. The first-order chi connectivity index (χ1) is 15.3. The Morgan fingerprint density at radius 1 is 1.03 bits per heavy atom. The normalized spacial score (nSPS) is 21.6. The average molecular weight is 438 g/mol.